The van der Waals surface area contributed by atoms with Gasteiger partial charge in [-0.25, -0.2) is 0 Å². The molecule has 0 fully saturated rings. The van der Waals surface area contributed by atoms with Crippen LogP contribution >= 0.6 is 0 Å². The summed E-state index contributed by atoms with van der Waals surface area (Å²) in [7, 11) is 0. The van der Waals surface area contributed by atoms with Gasteiger partial charge < -0.3 is 0 Å². The monoisotopic (exact) mass is 380 g/mol. The molecule has 29 heavy (non-hydrogen) atoms. The Kier molecular flexibility index (Phi) is 6.32. The summed E-state index contributed by atoms with van der Waals surface area (Å²) in [5.74, 6) is 0.0434. The van der Waals surface area contributed by atoms with Gasteiger partial charge in [0.2, 0.25) is 0 Å². The molecule has 3 rings (SSSR count). The number of ketones is 1. The van der Waals surface area contributed by atoms with Crippen LogP contribution in [0, 0.1) is 5.41 Å². The van der Waals surface area contributed by atoms with E-state index in [0.29, 0.717) is 11.1 Å². The highest BCUT2D eigenvalue weighted by Gasteiger charge is 2.13. The second kappa shape index (κ2) is 8.90. The molecule has 0 N–H and O–H groups in total. The summed E-state index contributed by atoms with van der Waals surface area (Å²) in [6.07, 6.45) is 0.980. The molecular weight excluding hydrogens is 352 g/mol. The van der Waals surface area contributed by atoms with Crippen LogP contribution in [0.1, 0.15) is 61.2 Å². The third-order valence-corrected chi connectivity index (χ3v) is 4.67. The zero-order valence-electron chi connectivity index (χ0n) is 17.7. The predicted octanol–water partition coefficient (Wildman–Crippen LogP) is 7.33. The number of rotatable bonds is 5. The van der Waals surface area contributed by atoms with Crippen LogP contribution in [0.2, 0.25) is 0 Å². The van der Waals surface area contributed by atoms with E-state index in [-0.39, 0.29) is 11.2 Å². The van der Waals surface area contributed by atoms with Crippen molar-refractivity contribution in [3.05, 3.63) is 118 Å². The first kappa shape index (κ1) is 20.6. The molecule has 0 radical (unpaired) electrons. The standard InChI is InChI=1S/C28H28O/c1-21(20-28(2,3)4)19-26(22-11-7-5-8-12-22)23-15-17-25(18-16-23)27(29)24-13-9-6-10-14-24/h5-18H,20H2,1-4H3. The Balaban J connectivity index is 2.01. The third kappa shape index (κ3) is 5.67. The van der Waals surface area contributed by atoms with Gasteiger partial charge in [-0.1, -0.05) is 106 Å². The maximum atomic E-state index is 12.7. The summed E-state index contributed by atoms with van der Waals surface area (Å²) in [6.45, 7) is 8.86. The molecule has 0 atom stereocenters. The number of carbonyl (C=O) groups is 1. The van der Waals surface area contributed by atoms with Gasteiger partial charge in [-0.3, -0.25) is 4.79 Å². The fourth-order valence-corrected chi connectivity index (χ4v) is 3.51. The van der Waals surface area contributed by atoms with Crippen molar-refractivity contribution in [3.63, 3.8) is 0 Å². The highest BCUT2D eigenvalue weighted by Crippen LogP contribution is 2.27. The zero-order chi connectivity index (χ0) is 20.9. The van der Waals surface area contributed by atoms with Crippen molar-refractivity contribution in [2.24, 2.45) is 5.41 Å². The van der Waals surface area contributed by atoms with Crippen molar-refractivity contribution in [3.8, 4) is 0 Å². The second-order valence-electron chi connectivity index (χ2n) is 8.66. The molecule has 0 spiro atoms. The molecule has 3 aromatic carbocycles. The molecule has 0 aliphatic carbocycles. The van der Waals surface area contributed by atoms with E-state index in [0.717, 1.165) is 23.1 Å². The smallest absolute Gasteiger partial charge is 0.193 e. The number of carbonyl (C=O) groups excluding carboxylic acids is 1. The van der Waals surface area contributed by atoms with Crippen molar-refractivity contribution in [1.29, 1.82) is 0 Å². The maximum absolute atomic E-state index is 12.7. The van der Waals surface area contributed by atoms with Crippen LogP contribution < -0.4 is 0 Å². The van der Waals surface area contributed by atoms with Crippen LogP contribution in [0.15, 0.2) is 96.2 Å². The predicted molar refractivity (Wildman–Crippen MR) is 122 cm³/mol. The van der Waals surface area contributed by atoms with Gasteiger partial charge in [0.1, 0.15) is 0 Å². The molecule has 0 bridgehead atoms. The molecule has 1 nitrogen and oxygen atoms in total. The average Bonchev–Trinajstić information content (AvgIpc) is 2.72. The minimum absolute atomic E-state index is 0.0434. The molecule has 0 amide bonds. The minimum atomic E-state index is 0.0434. The van der Waals surface area contributed by atoms with Crippen LogP contribution in [0.25, 0.3) is 5.57 Å². The van der Waals surface area contributed by atoms with Crippen molar-refractivity contribution >= 4 is 11.4 Å². The first-order valence-corrected chi connectivity index (χ1v) is 10.1. The summed E-state index contributed by atoms with van der Waals surface area (Å²) in [6, 6.07) is 27.6. The topological polar surface area (TPSA) is 17.1 Å². The Labute approximate surface area is 174 Å². The molecule has 1 heteroatoms. The SMILES string of the molecule is CC(=C=C(c1ccccc1)c1ccc(C(=O)c2ccccc2)cc1)CC(C)(C)C. The lowest BCUT2D eigenvalue weighted by Crippen LogP contribution is -2.04. The lowest BCUT2D eigenvalue weighted by molar-refractivity contribution is 0.103. The van der Waals surface area contributed by atoms with Crippen molar-refractivity contribution in [1.82, 2.24) is 0 Å². The summed E-state index contributed by atoms with van der Waals surface area (Å²) >= 11 is 0. The maximum Gasteiger partial charge on any atom is 0.193 e. The van der Waals surface area contributed by atoms with E-state index in [4.69, 9.17) is 0 Å². The van der Waals surface area contributed by atoms with Crippen molar-refractivity contribution < 1.29 is 4.79 Å². The summed E-state index contributed by atoms with van der Waals surface area (Å²) in [4.78, 5) is 12.7. The normalized spacial score (nSPS) is 10.9. The highest BCUT2D eigenvalue weighted by atomic mass is 16.1. The van der Waals surface area contributed by atoms with Gasteiger partial charge in [-0.05, 0) is 35.5 Å². The average molecular weight is 381 g/mol. The summed E-state index contributed by atoms with van der Waals surface area (Å²) in [5.41, 5.74) is 9.73. The van der Waals surface area contributed by atoms with Gasteiger partial charge in [0.15, 0.2) is 5.78 Å². The number of hydrogen-bond donors (Lipinski definition) is 0. The highest BCUT2D eigenvalue weighted by molar-refractivity contribution is 6.09. The van der Waals surface area contributed by atoms with E-state index in [1.807, 2.05) is 72.8 Å². The van der Waals surface area contributed by atoms with Gasteiger partial charge in [0.05, 0.1) is 0 Å². The van der Waals surface area contributed by atoms with Gasteiger partial charge in [-0.15, -0.1) is 5.73 Å². The largest absolute Gasteiger partial charge is 0.289 e. The van der Waals surface area contributed by atoms with Gasteiger partial charge in [-0.2, -0.15) is 0 Å². The van der Waals surface area contributed by atoms with Crippen molar-refractivity contribution in [2.45, 2.75) is 34.1 Å². The van der Waals surface area contributed by atoms with E-state index in [9.17, 15) is 4.79 Å². The van der Waals surface area contributed by atoms with Crippen LogP contribution in [0.4, 0.5) is 0 Å². The quantitative estimate of drug-likeness (QED) is 0.334. The van der Waals surface area contributed by atoms with E-state index in [1.54, 1.807) is 0 Å². The third-order valence-electron chi connectivity index (χ3n) is 4.67. The summed E-state index contributed by atoms with van der Waals surface area (Å²) < 4.78 is 0. The molecule has 0 unspecified atom stereocenters. The lowest BCUT2D eigenvalue weighted by atomic mass is 9.88. The molecular formula is C28H28O. The Morgan fingerprint density at radius 1 is 0.690 bits per heavy atom. The molecule has 0 aliphatic heterocycles. The first-order chi connectivity index (χ1) is 13.8. The Bertz CT molecular complexity index is 1030. The first-order valence-electron chi connectivity index (χ1n) is 10.1. The van der Waals surface area contributed by atoms with Gasteiger partial charge in [0, 0.05) is 16.7 Å². The van der Waals surface area contributed by atoms with E-state index in [2.05, 4.69) is 45.6 Å². The number of hydrogen-bond acceptors (Lipinski definition) is 1. The molecule has 3 aromatic rings. The minimum Gasteiger partial charge on any atom is -0.289 e. The van der Waals surface area contributed by atoms with Crippen LogP contribution in [0.3, 0.4) is 0 Å². The lowest BCUT2D eigenvalue weighted by Gasteiger charge is -2.17. The van der Waals surface area contributed by atoms with E-state index < -0.39 is 0 Å². The molecule has 0 saturated heterocycles. The molecule has 0 saturated carbocycles. The van der Waals surface area contributed by atoms with E-state index in [1.165, 1.54) is 5.57 Å². The molecule has 0 aromatic heterocycles. The van der Waals surface area contributed by atoms with Crippen LogP contribution in [0.5, 0.6) is 0 Å². The van der Waals surface area contributed by atoms with E-state index >= 15 is 0 Å². The Morgan fingerprint density at radius 3 is 1.62 bits per heavy atom. The molecule has 146 valence electrons. The van der Waals surface area contributed by atoms with Crippen molar-refractivity contribution in [2.75, 3.05) is 0 Å². The van der Waals surface area contributed by atoms with Crippen LogP contribution in [-0.2, 0) is 0 Å². The molecule has 0 aliphatic rings. The zero-order valence-corrected chi connectivity index (χ0v) is 17.7. The summed E-state index contributed by atoms with van der Waals surface area (Å²) in [5, 5.41) is 0. The molecule has 0 heterocycles. The fourth-order valence-electron chi connectivity index (χ4n) is 3.51. The van der Waals surface area contributed by atoms with Crippen LogP contribution in [-0.4, -0.2) is 5.78 Å². The Morgan fingerprint density at radius 2 is 1.10 bits per heavy atom. The fraction of sp³-hybridized carbons (Fsp3) is 0.214. The van der Waals surface area contributed by atoms with Gasteiger partial charge in [0.25, 0.3) is 0 Å². The Hall–Kier alpha value is -3.15. The number of allylic oxidation sites excluding steroid dienone is 1. The van der Waals surface area contributed by atoms with Gasteiger partial charge >= 0.3 is 0 Å². The second-order valence-corrected chi connectivity index (χ2v) is 8.66. The number of benzene rings is 3.